The van der Waals surface area contributed by atoms with Crippen LogP contribution in [0.5, 0.6) is 0 Å². The number of ketones is 1. The van der Waals surface area contributed by atoms with Gasteiger partial charge in [0.15, 0.2) is 11.7 Å². The highest BCUT2D eigenvalue weighted by Crippen LogP contribution is 2.27. The van der Waals surface area contributed by atoms with Gasteiger partial charge in [0.05, 0.1) is 31.1 Å². The Bertz CT molecular complexity index is 997. The Labute approximate surface area is 191 Å². The van der Waals surface area contributed by atoms with E-state index >= 15 is 0 Å². The number of ether oxygens (including phenoxy) is 1. The van der Waals surface area contributed by atoms with Crippen molar-refractivity contribution in [2.24, 2.45) is 0 Å². The molecule has 7 heteroatoms. The number of likely N-dealkylation sites (tertiary alicyclic amines) is 1. The van der Waals surface area contributed by atoms with Crippen LogP contribution in [0.25, 0.3) is 0 Å². The number of nitrogens with one attached hydrogen (secondary N) is 1. The maximum atomic E-state index is 12.9. The van der Waals surface area contributed by atoms with Crippen molar-refractivity contribution in [2.75, 3.05) is 32.6 Å². The molecule has 0 amide bonds. The van der Waals surface area contributed by atoms with Gasteiger partial charge in [-0.1, -0.05) is 17.7 Å². The summed E-state index contributed by atoms with van der Waals surface area (Å²) in [5, 5.41) is 3.27. The maximum Gasteiger partial charge on any atom is 0.228 e. The number of sulfone groups is 1. The molecule has 0 unspecified atom stereocenters. The number of carbonyl (C=O) groups excluding carboxylic acids is 1. The fourth-order valence-corrected chi connectivity index (χ4v) is 6.55. The lowest BCUT2D eigenvalue weighted by Gasteiger charge is -2.40. The van der Waals surface area contributed by atoms with Gasteiger partial charge in [-0.3, -0.25) is 4.79 Å². The molecule has 1 aromatic carbocycles. The normalized spacial score (nSPS) is 28.7. The van der Waals surface area contributed by atoms with Gasteiger partial charge in [-0.25, -0.2) is 8.42 Å². The molecule has 1 aromatic rings. The van der Waals surface area contributed by atoms with E-state index < -0.39 is 9.84 Å². The van der Waals surface area contributed by atoms with Gasteiger partial charge in [0, 0.05) is 18.4 Å². The average molecular weight is 459 g/mol. The number of allylic oxidation sites excluding steroid dienone is 2. The molecule has 1 atom stereocenters. The SMILES string of the molecule is Cc1ccc(S(=O)(=O)C[N+]2(C)CCC(OC3=CC[CH]C(C(=O)[C@@H]4CCCN4)=C3)CC2)cc1. The summed E-state index contributed by atoms with van der Waals surface area (Å²) in [5.74, 6) is 1.03. The third kappa shape index (κ3) is 5.50. The minimum Gasteiger partial charge on any atom is -0.490 e. The van der Waals surface area contributed by atoms with Crippen molar-refractivity contribution in [3.63, 3.8) is 0 Å². The highest BCUT2D eigenvalue weighted by molar-refractivity contribution is 7.91. The summed E-state index contributed by atoms with van der Waals surface area (Å²) in [4.78, 5) is 13.1. The minimum atomic E-state index is -3.34. The van der Waals surface area contributed by atoms with Crippen molar-refractivity contribution in [3.8, 4) is 0 Å². The Hall–Kier alpha value is -1.96. The summed E-state index contributed by atoms with van der Waals surface area (Å²) in [6, 6.07) is 7.02. The highest BCUT2D eigenvalue weighted by Gasteiger charge is 2.36. The molecule has 1 radical (unpaired) electrons. The van der Waals surface area contributed by atoms with Crippen LogP contribution in [0.2, 0.25) is 0 Å². The molecule has 4 rings (SSSR count). The van der Waals surface area contributed by atoms with E-state index in [0.29, 0.717) is 15.8 Å². The van der Waals surface area contributed by atoms with E-state index in [1.165, 1.54) is 0 Å². The van der Waals surface area contributed by atoms with Crippen LogP contribution in [0.3, 0.4) is 0 Å². The van der Waals surface area contributed by atoms with Gasteiger partial charge in [0.2, 0.25) is 9.84 Å². The van der Waals surface area contributed by atoms with Gasteiger partial charge in [-0.2, -0.15) is 0 Å². The first-order valence-corrected chi connectivity index (χ1v) is 13.2. The molecule has 173 valence electrons. The molecular formula is C25H34N2O4S+. The number of rotatable bonds is 7. The monoisotopic (exact) mass is 458 g/mol. The fourth-order valence-electron chi connectivity index (χ4n) is 4.77. The second-order valence-corrected chi connectivity index (χ2v) is 11.6. The Morgan fingerprint density at radius 1 is 1.16 bits per heavy atom. The van der Waals surface area contributed by atoms with Crippen molar-refractivity contribution >= 4 is 15.6 Å². The second-order valence-electron chi connectivity index (χ2n) is 9.60. The number of nitrogens with zero attached hydrogens (tertiary/aromatic N) is 1. The number of piperidine rings is 1. The summed E-state index contributed by atoms with van der Waals surface area (Å²) in [6.07, 6.45) is 10.1. The number of aryl methyl sites for hydroxylation is 1. The zero-order valence-corrected chi connectivity index (χ0v) is 19.9. The molecule has 2 heterocycles. The Balaban J connectivity index is 1.32. The van der Waals surface area contributed by atoms with E-state index in [0.717, 1.165) is 62.2 Å². The molecule has 0 saturated carbocycles. The predicted octanol–water partition coefficient (Wildman–Crippen LogP) is 3.09. The molecule has 0 spiro atoms. The fraction of sp³-hybridized carbons (Fsp3) is 0.520. The predicted molar refractivity (Wildman–Crippen MR) is 124 cm³/mol. The van der Waals surface area contributed by atoms with Crippen LogP contribution in [-0.2, 0) is 19.4 Å². The summed E-state index contributed by atoms with van der Waals surface area (Å²) < 4.78 is 32.6. The number of carbonyl (C=O) groups is 1. The van der Waals surface area contributed by atoms with Gasteiger partial charge >= 0.3 is 0 Å². The standard InChI is InChI=1S/C25H34N2O4S/c1-19-8-10-23(11-9-19)32(29,30)18-27(2)15-12-21(13-16-27)31-22-6-3-5-20(17-22)25(28)24-7-4-14-26-24/h5-6,8-11,17,21,24,26H,3-4,7,12-16,18H2,1-2H3/q+1/t21?,24-,27?/m0/s1. The van der Waals surface area contributed by atoms with E-state index in [-0.39, 0.29) is 23.8 Å². The van der Waals surface area contributed by atoms with Crippen LogP contribution in [0.1, 0.15) is 37.7 Å². The van der Waals surface area contributed by atoms with E-state index in [9.17, 15) is 13.2 Å². The minimum absolute atomic E-state index is 0.0461. The molecule has 32 heavy (non-hydrogen) atoms. The summed E-state index contributed by atoms with van der Waals surface area (Å²) in [6.45, 7) is 4.35. The summed E-state index contributed by atoms with van der Waals surface area (Å²) in [7, 11) is -1.33. The Kier molecular flexibility index (Phi) is 6.89. The second kappa shape index (κ2) is 9.49. The molecule has 3 aliphatic rings. The lowest BCUT2D eigenvalue weighted by Crippen LogP contribution is -2.53. The lowest BCUT2D eigenvalue weighted by atomic mass is 9.95. The van der Waals surface area contributed by atoms with Crippen molar-refractivity contribution in [1.29, 1.82) is 0 Å². The first-order valence-electron chi connectivity index (χ1n) is 11.6. The van der Waals surface area contributed by atoms with Crippen LogP contribution in [0, 0.1) is 13.3 Å². The third-order valence-corrected chi connectivity index (χ3v) is 8.72. The zero-order valence-electron chi connectivity index (χ0n) is 19.0. The van der Waals surface area contributed by atoms with E-state index in [1.807, 2.05) is 44.7 Å². The Morgan fingerprint density at radius 3 is 2.53 bits per heavy atom. The number of quaternary nitrogens is 1. The van der Waals surface area contributed by atoms with Crippen LogP contribution >= 0.6 is 0 Å². The maximum absolute atomic E-state index is 12.9. The molecule has 6 nitrogen and oxygen atoms in total. The van der Waals surface area contributed by atoms with E-state index in [2.05, 4.69) is 5.32 Å². The smallest absolute Gasteiger partial charge is 0.228 e. The third-order valence-electron chi connectivity index (χ3n) is 6.76. The van der Waals surface area contributed by atoms with E-state index in [1.54, 1.807) is 12.1 Å². The van der Waals surface area contributed by atoms with Gasteiger partial charge in [-0.05, 0) is 63.4 Å². The Morgan fingerprint density at radius 2 is 1.88 bits per heavy atom. The van der Waals surface area contributed by atoms with Gasteiger partial charge < -0.3 is 14.5 Å². The molecule has 1 N–H and O–H groups in total. The van der Waals surface area contributed by atoms with Crippen molar-refractivity contribution < 1.29 is 22.4 Å². The van der Waals surface area contributed by atoms with Gasteiger partial charge in [0.25, 0.3) is 0 Å². The van der Waals surface area contributed by atoms with Gasteiger partial charge in [0.1, 0.15) is 11.9 Å². The van der Waals surface area contributed by atoms with Crippen LogP contribution in [0.4, 0.5) is 0 Å². The molecule has 0 aromatic heterocycles. The first-order chi connectivity index (χ1) is 15.2. The quantitative estimate of drug-likeness (QED) is 0.636. The van der Waals surface area contributed by atoms with Crippen molar-refractivity contribution in [2.45, 2.75) is 56.1 Å². The number of hydrogen-bond donors (Lipinski definition) is 1. The number of hydrogen-bond acceptors (Lipinski definition) is 5. The first kappa shape index (κ1) is 23.2. The van der Waals surface area contributed by atoms with Crippen molar-refractivity contribution in [1.82, 2.24) is 5.32 Å². The van der Waals surface area contributed by atoms with Crippen LogP contribution in [-0.4, -0.2) is 63.4 Å². The molecular weight excluding hydrogens is 424 g/mol. The van der Waals surface area contributed by atoms with Crippen molar-refractivity contribution in [3.05, 3.63) is 59.7 Å². The summed E-state index contributed by atoms with van der Waals surface area (Å²) >= 11 is 0. The zero-order chi connectivity index (χ0) is 22.8. The summed E-state index contributed by atoms with van der Waals surface area (Å²) in [5.41, 5.74) is 1.79. The number of benzene rings is 1. The lowest BCUT2D eigenvalue weighted by molar-refractivity contribution is -0.903. The number of Topliss-reactive ketones (excluding diaryl/α,β-unsaturated/α-hetero) is 1. The van der Waals surface area contributed by atoms with E-state index in [4.69, 9.17) is 4.74 Å². The molecule has 2 aliphatic heterocycles. The average Bonchev–Trinajstić information content (AvgIpc) is 3.30. The van der Waals surface area contributed by atoms with Gasteiger partial charge in [-0.15, -0.1) is 0 Å². The van der Waals surface area contributed by atoms with Crippen LogP contribution in [0.15, 0.2) is 52.6 Å². The largest absolute Gasteiger partial charge is 0.490 e. The molecule has 2 fully saturated rings. The molecule has 0 bridgehead atoms. The van der Waals surface area contributed by atoms with Crippen LogP contribution < -0.4 is 5.32 Å². The topological polar surface area (TPSA) is 72.5 Å². The molecule has 1 aliphatic carbocycles. The molecule has 2 saturated heterocycles. The highest BCUT2D eigenvalue weighted by atomic mass is 32.2.